The van der Waals surface area contributed by atoms with Crippen LogP contribution >= 0.6 is 0 Å². The molecule has 0 spiro atoms. The van der Waals surface area contributed by atoms with Gasteiger partial charge in [-0.15, -0.1) is 0 Å². The van der Waals surface area contributed by atoms with E-state index in [1.165, 1.54) is 12.8 Å². The molecule has 1 unspecified atom stereocenters. The first-order chi connectivity index (χ1) is 8.33. The maximum absolute atomic E-state index is 4.38. The third kappa shape index (κ3) is 4.77. The molecule has 0 bridgehead atoms. The lowest BCUT2D eigenvalue weighted by Crippen LogP contribution is -2.30. The largest absolute Gasteiger partial charge is 0.317 e. The van der Waals surface area contributed by atoms with Crippen LogP contribution in [0.5, 0.6) is 0 Å². The van der Waals surface area contributed by atoms with Gasteiger partial charge in [0.2, 0.25) is 0 Å². The second kappa shape index (κ2) is 6.32. The number of hydrogen-bond donors (Lipinski definition) is 1. The zero-order valence-electron chi connectivity index (χ0n) is 12.7. The Balaban J connectivity index is 2.60. The second-order valence-corrected chi connectivity index (χ2v) is 6.50. The predicted octanol–water partition coefficient (Wildman–Crippen LogP) is 2.82. The molecule has 0 aliphatic rings. The van der Waals surface area contributed by atoms with Crippen molar-refractivity contribution in [3.63, 3.8) is 0 Å². The molecule has 0 fully saturated rings. The van der Waals surface area contributed by atoms with Gasteiger partial charge >= 0.3 is 0 Å². The second-order valence-electron chi connectivity index (χ2n) is 6.50. The first-order valence-electron chi connectivity index (χ1n) is 6.89. The average Bonchev–Trinajstić information content (AvgIpc) is 2.70. The summed E-state index contributed by atoms with van der Waals surface area (Å²) < 4.78 is 2.02. The van der Waals surface area contributed by atoms with Crippen LogP contribution in [0.15, 0.2) is 6.33 Å². The fourth-order valence-electron chi connectivity index (χ4n) is 2.03. The molecular formula is C14H28N4. The van der Waals surface area contributed by atoms with Gasteiger partial charge in [-0.2, -0.15) is 5.10 Å². The first kappa shape index (κ1) is 15.2. The van der Waals surface area contributed by atoms with Crippen LogP contribution in [0.1, 0.15) is 59.3 Å². The van der Waals surface area contributed by atoms with Gasteiger partial charge in [-0.05, 0) is 39.2 Å². The summed E-state index contributed by atoms with van der Waals surface area (Å²) in [6.07, 6.45) is 5.00. The Kier molecular flexibility index (Phi) is 5.32. The van der Waals surface area contributed by atoms with Gasteiger partial charge in [0, 0.05) is 18.5 Å². The van der Waals surface area contributed by atoms with Crippen LogP contribution in [0, 0.1) is 5.41 Å². The summed E-state index contributed by atoms with van der Waals surface area (Å²) in [5.41, 5.74) is 0.390. The lowest BCUT2D eigenvalue weighted by Gasteiger charge is -2.23. The third-order valence-corrected chi connectivity index (χ3v) is 3.22. The van der Waals surface area contributed by atoms with Crippen molar-refractivity contribution >= 4 is 0 Å². The molecule has 0 saturated carbocycles. The Hall–Kier alpha value is -0.900. The fourth-order valence-corrected chi connectivity index (χ4v) is 2.03. The van der Waals surface area contributed by atoms with Gasteiger partial charge in [0.05, 0.1) is 0 Å². The monoisotopic (exact) mass is 252 g/mol. The van der Waals surface area contributed by atoms with Gasteiger partial charge < -0.3 is 5.32 Å². The molecule has 0 amide bonds. The van der Waals surface area contributed by atoms with Crippen LogP contribution in [-0.4, -0.2) is 27.9 Å². The molecule has 0 saturated heterocycles. The van der Waals surface area contributed by atoms with E-state index in [0.717, 1.165) is 12.2 Å². The van der Waals surface area contributed by atoms with Gasteiger partial charge in [-0.3, -0.25) is 0 Å². The van der Waals surface area contributed by atoms with E-state index in [2.05, 4.69) is 50.0 Å². The Morgan fingerprint density at radius 1 is 1.33 bits per heavy atom. The first-order valence-corrected chi connectivity index (χ1v) is 6.89. The van der Waals surface area contributed by atoms with Crippen molar-refractivity contribution in [2.45, 2.75) is 66.0 Å². The Morgan fingerprint density at radius 2 is 2.00 bits per heavy atom. The molecule has 1 heterocycles. The summed E-state index contributed by atoms with van der Waals surface area (Å²) in [7, 11) is 2.03. The van der Waals surface area contributed by atoms with Crippen molar-refractivity contribution in [1.29, 1.82) is 0 Å². The number of rotatable bonds is 6. The molecule has 4 nitrogen and oxygen atoms in total. The molecule has 1 N–H and O–H groups in total. The number of nitrogens with zero attached hydrogens (tertiary/aromatic N) is 3. The molecule has 4 heteroatoms. The molecule has 1 aromatic heterocycles. The van der Waals surface area contributed by atoms with Crippen molar-refractivity contribution in [2.75, 3.05) is 7.05 Å². The quantitative estimate of drug-likeness (QED) is 0.846. The molecule has 0 aromatic carbocycles. The number of aromatic nitrogens is 3. The SMILES string of the molecule is CNC(CCC(C)(C)C)Cc1ncnn1C(C)C. The minimum atomic E-state index is 0.377. The van der Waals surface area contributed by atoms with Crippen LogP contribution in [0.25, 0.3) is 0 Å². The highest BCUT2D eigenvalue weighted by atomic mass is 15.3. The van der Waals surface area contributed by atoms with E-state index in [-0.39, 0.29) is 0 Å². The maximum atomic E-state index is 4.38. The van der Waals surface area contributed by atoms with E-state index in [9.17, 15) is 0 Å². The molecule has 0 aliphatic carbocycles. The number of hydrogen-bond acceptors (Lipinski definition) is 3. The zero-order valence-corrected chi connectivity index (χ0v) is 12.7. The van der Waals surface area contributed by atoms with E-state index in [1.807, 2.05) is 11.7 Å². The van der Waals surface area contributed by atoms with Gasteiger partial charge in [0.15, 0.2) is 0 Å². The summed E-state index contributed by atoms with van der Waals surface area (Å²) in [6, 6.07) is 0.855. The normalized spacial score (nSPS) is 14.2. The predicted molar refractivity (Wildman–Crippen MR) is 75.6 cm³/mol. The number of nitrogens with one attached hydrogen (secondary N) is 1. The highest BCUT2D eigenvalue weighted by Gasteiger charge is 2.17. The van der Waals surface area contributed by atoms with Crippen molar-refractivity contribution in [2.24, 2.45) is 5.41 Å². The Labute approximate surface area is 111 Å². The molecule has 1 rings (SSSR count). The Morgan fingerprint density at radius 3 is 2.50 bits per heavy atom. The molecule has 0 aliphatic heterocycles. The summed E-state index contributed by atoms with van der Waals surface area (Å²) in [5, 5.41) is 7.69. The van der Waals surface area contributed by atoms with Gasteiger partial charge in [0.25, 0.3) is 0 Å². The molecule has 1 atom stereocenters. The van der Waals surface area contributed by atoms with Gasteiger partial charge in [-0.1, -0.05) is 20.8 Å². The summed E-state index contributed by atoms with van der Waals surface area (Å²) in [6.45, 7) is 11.1. The maximum Gasteiger partial charge on any atom is 0.138 e. The van der Waals surface area contributed by atoms with Crippen LogP contribution < -0.4 is 5.32 Å². The lowest BCUT2D eigenvalue weighted by atomic mass is 9.88. The molecular weight excluding hydrogens is 224 g/mol. The lowest BCUT2D eigenvalue weighted by molar-refractivity contribution is 0.330. The van der Waals surface area contributed by atoms with Crippen molar-refractivity contribution in [1.82, 2.24) is 20.1 Å². The smallest absolute Gasteiger partial charge is 0.138 e. The average molecular weight is 252 g/mol. The van der Waals surface area contributed by atoms with Crippen molar-refractivity contribution in [3.05, 3.63) is 12.2 Å². The highest BCUT2D eigenvalue weighted by molar-refractivity contribution is 4.91. The Bertz CT molecular complexity index is 349. The van der Waals surface area contributed by atoms with Gasteiger partial charge in [-0.25, -0.2) is 9.67 Å². The molecule has 104 valence electrons. The molecule has 1 aromatic rings. The fraction of sp³-hybridized carbons (Fsp3) is 0.857. The van der Waals surface area contributed by atoms with Crippen molar-refractivity contribution in [3.8, 4) is 0 Å². The van der Waals surface area contributed by atoms with Crippen LogP contribution in [0.3, 0.4) is 0 Å². The van der Waals surface area contributed by atoms with Crippen molar-refractivity contribution < 1.29 is 0 Å². The van der Waals surface area contributed by atoms with E-state index < -0.39 is 0 Å². The minimum Gasteiger partial charge on any atom is -0.317 e. The summed E-state index contributed by atoms with van der Waals surface area (Å²) in [5.74, 6) is 1.08. The van der Waals surface area contributed by atoms with E-state index in [4.69, 9.17) is 0 Å². The van der Waals surface area contributed by atoms with E-state index in [1.54, 1.807) is 6.33 Å². The highest BCUT2D eigenvalue weighted by Crippen LogP contribution is 2.22. The number of likely N-dealkylation sites (N-methyl/N-ethyl adjacent to an activating group) is 1. The molecule has 0 radical (unpaired) electrons. The summed E-state index contributed by atoms with van der Waals surface area (Å²) in [4.78, 5) is 4.38. The zero-order chi connectivity index (χ0) is 13.8. The van der Waals surface area contributed by atoms with Crippen LogP contribution in [0.4, 0.5) is 0 Å². The topological polar surface area (TPSA) is 42.7 Å². The van der Waals surface area contributed by atoms with E-state index in [0.29, 0.717) is 17.5 Å². The molecule has 18 heavy (non-hydrogen) atoms. The standard InChI is InChI=1S/C14H28N4/c1-11(2)18-13(16-10-17-18)9-12(15-6)7-8-14(3,4)5/h10-12,15H,7-9H2,1-6H3. The minimum absolute atomic E-state index is 0.377. The summed E-state index contributed by atoms with van der Waals surface area (Å²) >= 11 is 0. The van der Waals surface area contributed by atoms with E-state index >= 15 is 0 Å². The van der Waals surface area contributed by atoms with Gasteiger partial charge in [0.1, 0.15) is 12.2 Å². The van der Waals surface area contributed by atoms with Crippen LogP contribution in [0.2, 0.25) is 0 Å². The van der Waals surface area contributed by atoms with Crippen LogP contribution in [-0.2, 0) is 6.42 Å². The third-order valence-electron chi connectivity index (χ3n) is 3.22.